The zero-order chi connectivity index (χ0) is 12.0. The van der Waals surface area contributed by atoms with Crippen molar-refractivity contribution in [3.05, 3.63) is 0 Å². The van der Waals surface area contributed by atoms with E-state index in [0.29, 0.717) is 18.3 Å². The molecule has 0 saturated carbocycles. The Balaban J connectivity index is 2.01. The van der Waals surface area contributed by atoms with Gasteiger partial charge < -0.3 is 10.6 Å². The molecular weight excluding hydrogens is 216 g/mol. The van der Waals surface area contributed by atoms with Crippen molar-refractivity contribution in [3.63, 3.8) is 0 Å². The second kappa shape index (κ2) is 3.47. The molecule has 2 amide bonds. The Labute approximate surface area is 101 Å². The molecule has 3 rings (SSSR count). The van der Waals surface area contributed by atoms with Gasteiger partial charge in [0.2, 0.25) is 0 Å². The van der Waals surface area contributed by atoms with Crippen LogP contribution < -0.4 is 5.73 Å². The second-order valence-corrected chi connectivity index (χ2v) is 5.03. The number of terminal acetylenes is 1. The fraction of sp³-hybridized carbons (Fsp3) is 0.667. The van der Waals surface area contributed by atoms with Crippen LogP contribution in [0, 0.1) is 18.3 Å². The average Bonchev–Trinajstić information content (AvgIpc) is 2.79. The van der Waals surface area contributed by atoms with Gasteiger partial charge in [0.25, 0.3) is 0 Å². The molecule has 0 aliphatic carbocycles. The number of urea groups is 1. The van der Waals surface area contributed by atoms with E-state index in [1.807, 2.05) is 0 Å². The molecule has 5 heteroatoms. The summed E-state index contributed by atoms with van der Waals surface area (Å²) in [5.74, 6) is 3.42. The van der Waals surface area contributed by atoms with Crippen LogP contribution in [0.5, 0.6) is 0 Å². The summed E-state index contributed by atoms with van der Waals surface area (Å²) < 4.78 is 0. The van der Waals surface area contributed by atoms with Crippen molar-refractivity contribution in [2.24, 2.45) is 16.6 Å². The van der Waals surface area contributed by atoms with E-state index in [1.54, 1.807) is 4.90 Å². The van der Waals surface area contributed by atoms with Crippen LogP contribution in [0.2, 0.25) is 0 Å². The van der Waals surface area contributed by atoms with Crippen LogP contribution in [-0.4, -0.2) is 53.4 Å². The Morgan fingerprint density at radius 2 is 2.41 bits per heavy atom. The molecule has 0 aromatic carbocycles. The van der Waals surface area contributed by atoms with E-state index in [9.17, 15) is 4.79 Å². The number of nitrogens with zero attached hydrogens (tertiary/aromatic N) is 3. The predicted octanol–water partition coefficient (Wildman–Crippen LogP) is -0.123. The van der Waals surface area contributed by atoms with E-state index in [-0.39, 0.29) is 6.03 Å². The predicted molar refractivity (Wildman–Crippen MR) is 64.5 cm³/mol. The van der Waals surface area contributed by atoms with E-state index >= 15 is 0 Å². The second-order valence-electron chi connectivity index (χ2n) is 5.03. The number of amidine groups is 1. The maximum absolute atomic E-state index is 11.9. The third kappa shape index (κ3) is 1.25. The van der Waals surface area contributed by atoms with E-state index in [0.717, 1.165) is 32.5 Å². The van der Waals surface area contributed by atoms with E-state index < -0.39 is 5.54 Å². The van der Waals surface area contributed by atoms with Gasteiger partial charge in [-0.1, -0.05) is 5.92 Å². The number of carbonyl (C=O) groups is 1. The lowest BCUT2D eigenvalue weighted by molar-refractivity contribution is 0.100. The SMILES string of the molecule is C#CCN1C(=O)N=C(N)C12CCN1CCC2C1. The van der Waals surface area contributed by atoms with Crippen LogP contribution in [0.25, 0.3) is 0 Å². The van der Waals surface area contributed by atoms with Crippen molar-refractivity contribution in [2.75, 3.05) is 26.2 Å². The molecule has 2 bridgehead atoms. The molecule has 3 heterocycles. The molecule has 3 unspecified atom stereocenters. The Morgan fingerprint density at radius 1 is 1.59 bits per heavy atom. The van der Waals surface area contributed by atoms with Gasteiger partial charge in [0, 0.05) is 19.0 Å². The summed E-state index contributed by atoms with van der Waals surface area (Å²) in [6, 6.07) is -0.263. The number of piperidine rings is 1. The van der Waals surface area contributed by atoms with Crippen LogP contribution in [0.15, 0.2) is 4.99 Å². The molecular formula is C12H16N4O. The fourth-order valence-electron chi connectivity index (χ4n) is 3.52. The van der Waals surface area contributed by atoms with Gasteiger partial charge in [-0.2, -0.15) is 4.99 Å². The van der Waals surface area contributed by atoms with Crippen molar-refractivity contribution in [1.29, 1.82) is 0 Å². The first-order valence-electron chi connectivity index (χ1n) is 6.00. The zero-order valence-electron chi connectivity index (χ0n) is 9.72. The Bertz CT molecular complexity index is 438. The number of hydrogen-bond donors (Lipinski definition) is 1. The quantitative estimate of drug-likeness (QED) is 0.641. The van der Waals surface area contributed by atoms with Crippen molar-refractivity contribution >= 4 is 11.9 Å². The maximum Gasteiger partial charge on any atom is 0.346 e. The smallest absolute Gasteiger partial charge is 0.346 e. The molecule has 17 heavy (non-hydrogen) atoms. The molecule has 2 saturated heterocycles. The summed E-state index contributed by atoms with van der Waals surface area (Å²) in [4.78, 5) is 19.9. The molecule has 3 aliphatic rings. The summed E-state index contributed by atoms with van der Waals surface area (Å²) in [6.07, 6.45) is 7.29. The van der Waals surface area contributed by atoms with Crippen molar-refractivity contribution in [2.45, 2.75) is 18.4 Å². The number of carbonyl (C=O) groups excluding carboxylic acids is 1. The number of fused-ring (bicyclic) bond motifs is 3. The first-order chi connectivity index (χ1) is 8.18. The van der Waals surface area contributed by atoms with Crippen LogP contribution in [0.4, 0.5) is 4.79 Å². The van der Waals surface area contributed by atoms with Crippen molar-refractivity contribution < 1.29 is 4.79 Å². The molecule has 1 spiro atoms. The standard InChI is InChI=1S/C12H16N4O/c1-2-5-16-11(17)14-10(13)12(16)4-7-15-6-3-9(12)8-15/h1,9H,3-8H2,(H2,13,14,17). The highest BCUT2D eigenvalue weighted by molar-refractivity contribution is 6.06. The summed E-state index contributed by atoms with van der Waals surface area (Å²) in [5.41, 5.74) is 5.65. The van der Waals surface area contributed by atoms with Crippen molar-refractivity contribution in [1.82, 2.24) is 9.80 Å². The highest BCUT2D eigenvalue weighted by Crippen LogP contribution is 2.42. The first-order valence-corrected chi connectivity index (χ1v) is 6.00. The molecule has 5 nitrogen and oxygen atoms in total. The third-order valence-electron chi connectivity index (χ3n) is 4.38. The van der Waals surface area contributed by atoms with E-state index in [4.69, 9.17) is 12.2 Å². The molecule has 3 atom stereocenters. The number of nitrogens with two attached hydrogens (primary N) is 1. The third-order valence-corrected chi connectivity index (χ3v) is 4.38. The Hall–Kier alpha value is -1.54. The number of rotatable bonds is 1. The normalized spacial score (nSPS) is 39.6. The van der Waals surface area contributed by atoms with E-state index in [1.165, 1.54) is 0 Å². The number of hydrogen-bond acceptors (Lipinski definition) is 3. The van der Waals surface area contributed by atoms with Gasteiger partial charge in [0.05, 0.1) is 6.54 Å². The molecule has 0 aromatic rings. The van der Waals surface area contributed by atoms with Crippen LogP contribution >= 0.6 is 0 Å². The molecule has 2 N–H and O–H groups in total. The lowest BCUT2D eigenvalue weighted by Gasteiger charge is -2.45. The van der Waals surface area contributed by atoms with Crippen LogP contribution in [0.3, 0.4) is 0 Å². The first kappa shape index (κ1) is 10.6. The zero-order valence-corrected chi connectivity index (χ0v) is 9.72. The highest BCUT2D eigenvalue weighted by Gasteiger charge is 2.56. The lowest BCUT2D eigenvalue weighted by atomic mass is 9.77. The monoisotopic (exact) mass is 232 g/mol. The Morgan fingerprint density at radius 3 is 3.18 bits per heavy atom. The van der Waals surface area contributed by atoms with Gasteiger partial charge >= 0.3 is 6.03 Å². The molecule has 3 aliphatic heterocycles. The summed E-state index contributed by atoms with van der Waals surface area (Å²) in [6.45, 7) is 3.38. The number of aliphatic imine (C=N–C) groups is 1. The number of amides is 2. The minimum atomic E-state index is -0.392. The topological polar surface area (TPSA) is 61.9 Å². The Kier molecular flexibility index (Phi) is 2.17. The molecule has 2 fully saturated rings. The maximum atomic E-state index is 11.9. The lowest BCUT2D eigenvalue weighted by Crippen LogP contribution is -2.62. The summed E-state index contributed by atoms with van der Waals surface area (Å²) in [5, 5.41) is 0. The molecule has 0 radical (unpaired) electrons. The van der Waals surface area contributed by atoms with Gasteiger partial charge in [0.15, 0.2) is 0 Å². The molecule has 90 valence electrons. The minimum absolute atomic E-state index is 0.263. The summed E-state index contributed by atoms with van der Waals surface area (Å²) >= 11 is 0. The van der Waals surface area contributed by atoms with Crippen LogP contribution in [0.1, 0.15) is 12.8 Å². The van der Waals surface area contributed by atoms with Gasteiger partial charge in [-0.25, -0.2) is 4.79 Å². The molecule has 0 aromatic heterocycles. The van der Waals surface area contributed by atoms with Gasteiger partial charge in [0.1, 0.15) is 11.4 Å². The van der Waals surface area contributed by atoms with Gasteiger partial charge in [-0.05, 0) is 19.4 Å². The highest BCUT2D eigenvalue weighted by atomic mass is 16.2. The van der Waals surface area contributed by atoms with E-state index in [2.05, 4.69) is 15.8 Å². The van der Waals surface area contributed by atoms with Gasteiger partial charge in [-0.15, -0.1) is 6.42 Å². The minimum Gasteiger partial charge on any atom is -0.385 e. The average molecular weight is 232 g/mol. The van der Waals surface area contributed by atoms with Crippen LogP contribution in [-0.2, 0) is 0 Å². The largest absolute Gasteiger partial charge is 0.385 e. The van der Waals surface area contributed by atoms with Crippen molar-refractivity contribution in [3.8, 4) is 12.3 Å². The van der Waals surface area contributed by atoms with Gasteiger partial charge in [-0.3, -0.25) is 4.90 Å². The fourth-order valence-corrected chi connectivity index (χ4v) is 3.52. The summed E-state index contributed by atoms with van der Waals surface area (Å²) in [7, 11) is 0.